The van der Waals surface area contributed by atoms with Crippen molar-refractivity contribution in [2.24, 2.45) is 0 Å². The number of anilines is 1. The molecule has 3 rings (SSSR count). The molecule has 0 fully saturated rings. The first-order valence-electron chi connectivity index (χ1n) is 6.57. The molecule has 6 heteroatoms. The molecule has 0 aliphatic carbocycles. The molecule has 0 spiro atoms. The molecule has 0 aliphatic heterocycles. The topological polar surface area (TPSA) is 60.6 Å². The smallest absolute Gasteiger partial charge is 0.176 e. The standard InChI is InChI=1S/C14H16N6/c1-2-19-10-8-15-13(19)11-17-12-5-3-6-16-14(12)20-9-4-7-18-20/h3-10,17H,2,11H2,1H3. The summed E-state index contributed by atoms with van der Waals surface area (Å²) in [6, 6.07) is 5.77. The van der Waals surface area contributed by atoms with E-state index in [-0.39, 0.29) is 0 Å². The third-order valence-electron chi connectivity index (χ3n) is 3.09. The molecule has 0 saturated heterocycles. The average Bonchev–Trinajstić information content (AvgIpc) is 3.16. The fourth-order valence-corrected chi connectivity index (χ4v) is 2.08. The van der Waals surface area contributed by atoms with Gasteiger partial charge in [0.05, 0.1) is 12.2 Å². The first kappa shape index (κ1) is 12.4. The normalized spacial score (nSPS) is 10.7. The van der Waals surface area contributed by atoms with Crippen LogP contribution in [0, 0.1) is 0 Å². The second-order valence-electron chi connectivity index (χ2n) is 4.31. The van der Waals surface area contributed by atoms with E-state index in [4.69, 9.17) is 0 Å². The number of aryl methyl sites for hydroxylation is 1. The summed E-state index contributed by atoms with van der Waals surface area (Å²) in [6.45, 7) is 3.67. The van der Waals surface area contributed by atoms with E-state index in [0.717, 1.165) is 23.9 Å². The summed E-state index contributed by atoms with van der Waals surface area (Å²) in [5, 5.41) is 7.59. The van der Waals surface area contributed by atoms with E-state index in [1.165, 1.54) is 0 Å². The van der Waals surface area contributed by atoms with Crippen molar-refractivity contribution in [3.8, 4) is 5.82 Å². The van der Waals surface area contributed by atoms with Crippen molar-refractivity contribution in [2.75, 3.05) is 5.32 Å². The van der Waals surface area contributed by atoms with Crippen molar-refractivity contribution >= 4 is 5.69 Å². The average molecular weight is 268 g/mol. The van der Waals surface area contributed by atoms with E-state index < -0.39 is 0 Å². The maximum atomic E-state index is 4.37. The predicted octanol–water partition coefficient (Wildman–Crippen LogP) is 2.10. The Morgan fingerprint density at radius 3 is 2.85 bits per heavy atom. The highest BCUT2D eigenvalue weighted by molar-refractivity contribution is 5.56. The van der Waals surface area contributed by atoms with Gasteiger partial charge in [0.1, 0.15) is 5.82 Å². The third-order valence-corrected chi connectivity index (χ3v) is 3.09. The Kier molecular flexibility index (Phi) is 3.45. The summed E-state index contributed by atoms with van der Waals surface area (Å²) >= 11 is 0. The monoisotopic (exact) mass is 268 g/mol. The Morgan fingerprint density at radius 1 is 1.10 bits per heavy atom. The molecule has 3 heterocycles. The van der Waals surface area contributed by atoms with Crippen molar-refractivity contribution in [2.45, 2.75) is 20.0 Å². The lowest BCUT2D eigenvalue weighted by Crippen LogP contribution is -2.10. The largest absolute Gasteiger partial charge is 0.375 e. The zero-order valence-corrected chi connectivity index (χ0v) is 11.3. The van der Waals surface area contributed by atoms with Gasteiger partial charge in [0.15, 0.2) is 5.82 Å². The number of hydrogen-bond acceptors (Lipinski definition) is 4. The number of rotatable bonds is 5. The van der Waals surface area contributed by atoms with Crippen LogP contribution in [-0.4, -0.2) is 24.3 Å². The predicted molar refractivity (Wildman–Crippen MR) is 76.6 cm³/mol. The Hall–Kier alpha value is -2.63. The Balaban J connectivity index is 1.81. The quantitative estimate of drug-likeness (QED) is 0.769. The lowest BCUT2D eigenvalue weighted by atomic mass is 10.3. The zero-order chi connectivity index (χ0) is 13.8. The molecule has 0 saturated carbocycles. The van der Waals surface area contributed by atoms with Gasteiger partial charge in [0, 0.05) is 37.5 Å². The fraction of sp³-hybridized carbons (Fsp3) is 0.214. The maximum Gasteiger partial charge on any atom is 0.176 e. The molecule has 102 valence electrons. The Morgan fingerprint density at radius 2 is 2.05 bits per heavy atom. The molecule has 0 bridgehead atoms. The minimum absolute atomic E-state index is 0.654. The Labute approximate surface area is 117 Å². The van der Waals surface area contributed by atoms with Gasteiger partial charge in [-0.3, -0.25) is 0 Å². The first-order chi connectivity index (χ1) is 9.88. The van der Waals surface area contributed by atoms with Crippen molar-refractivity contribution in [3.05, 3.63) is 55.0 Å². The summed E-state index contributed by atoms with van der Waals surface area (Å²) in [4.78, 5) is 8.73. The summed E-state index contributed by atoms with van der Waals surface area (Å²) in [5.41, 5.74) is 0.932. The van der Waals surface area contributed by atoms with Gasteiger partial charge in [0.2, 0.25) is 0 Å². The number of aromatic nitrogens is 5. The molecule has 0 unspecified atom stereocenters. The van der Waals surface area contributed by atoms with E-state index in [0.29, 0.717) is 6.54 Å². The van der Waals surface area contributed by atoms with Gasteiger partial charge < -0.3 is 9.88 Å². The third kappa shape index (κ3) is 2.40. The highest BCUT2D eigenvalue weighted by Gasteiger charge is 2.07. The molecule has 6 nitrogen and oxygen atoms in total. The van der Waals surface area contributed by atoms with Gasteiger partial charge in [-0.05, 0) is 25.1 Å². The molecule has 20 heavy (non-hydrogen) atoms. The molecule has 3 aromatic heterocycles. The highest BCUT2D eigenvalue weighted by atomic mass is 15.3. The van der Waals surface area contributed by atoms with Crippen LogP contribution >= 0.6 is 0 Å². The van der Waals surface area contributed by atoms with E-state index >= 15 is 0 Å². The molecule has 1 N–H and O–H groups in total. The van der Waals surface area contributed by atoms with Gasteiger partial charge >= 0.3 is 0 Å². The minimum Gasteiger partial charge on any atom is -0.375 e. The van der Waals surface area contributed by atoms with E-state index in [9.17, 15) is 0 Å². The molecule has 0 aliphatic rings. The molecule has 0 amide bonds. The summed E-state index contributed by atoms with van der Waals surface area (Å²) in [6.07, 6.45) is 9.17. The molecular formula is C14H16N6. The van der Waals surface area contributed by atoms with Gasteiger partial charge in [-0.25, -0.2) is 14.6 Å². The minimum atomic E-state index is 0.654. The number of imidazole rings is 1. The maximum absolute atomic E-state index is 4.37. The molecule has 0 aromatic carbocycles. The second-order valence-corrected chi connectivity index (χ2v) is 4.31. The van der Waals surface area contributed by atoms with Crippen molar-refractivity contribution in [3.63, 3.8) is 0 Å². The van der Waals surface area contributed by atoms with E-state index in [1.807, 2.05) is 36.8 Å². The van der Waals surface area contributed by atoms with Crippen LogP contribution in [0.25, 0.3) is 5.82 Å². The van der Waals surface area contributed by atoms with E-state index in [2.05, 4.69) is 31.9 Å². The zero-order valence-electron chi connectivity index (χ0n) is 11.3. The summed E-state index contributed by atoms with van der Waals surface area (Å²) in [7, 11) is 0. The number of pyridine rings is 1. The van der Waals surface area contributed by atoms with Crippen LogP contribution in [0.2, 0.25) is 0 Å². The Bertz CT molecular complexity index is 671. The van der Waals surface area contributed by atoms with Gasteiger partial charge in [-0.2, -0.15) is 5.10 Å². The summed E-state index contributed by atoms with van der Waals surface area (Å²) in [5.74, 6) is 1.79. The lowest BCUT2D eigenvalue weighted by molar-refractivity contribution is 0.707. The van der Waals surface area contributed by atoms with Crippen molar-refractivity contribution < 1.29 is 0 Å². The van der Waals surface area contributed by atoms with Crippen LogP contribution in [-0.2, 0) is 13.1 Å². The first-order valence-corrected chi connectivity index (χ1v) is 6.57. The van der Waals surface area contributed by atoms with Crippen molar-refractivity contribution in [1.29, 1.82) is 0 Å². The van der Waals surface area contributed by atoms with Gasteiger partial charge in [-0.15, -0.1) is 0 Å². The van der Waals surface area contributed by atoms with Crippen LogP contribution in [0.3, 0.4) is 0 Å². The van der Waals surface area contributed by atoms with Gasteiger partial charge in [0.25, 0.3) is 0 Å². The van der Waals surface area contributed by atoms with Crippen LogP contribution in [0.15, 0.2) is 49.2 Å². The lowest BCUT2D eigenvalue weighted by Gasteiger charge is -2.11. The second kappa shape index (κ2) is 5.56. The molecular weight excluding hydrogens is 252 g/mol. The van der Waals surface area contributed by atoms with Crippen LogP contribution in [0.5, 0.6) is 0 Å². The van der Waals surface area contributed by atoms with Crippen LogP contribution in [0.4, 0.5) is 5.69 Å². The fourth-order valence-electron chi connectivity index (χ4n) is 2.08. The van der Waals surface area contributed by atoms with Crippen molar-refractivity contribution in [1.82, 2.24) is 24.3 Å². The van der Waals surface area contributed by atoms with Gasteiger partial charge in [-0.1, -0.05) is 0 Å². The number of hydrogen-bond donors (Lipinski definition) is 1. The number of nitrogens with zero attached hydrogens (tertiary/aromatic N) is 5. The highest BCUT2D eigenvalue weighted by Crippen LogP contribution is 2.16. The molecule has 3 aromatic rings. The molecule has 0 radical (unpaired) electrons. The van der Waals surface area contributed by atoms with Crippen LogP contribution < -0.4 is 5.32 Å². The van der Waals surface area contributed by atoms with E-state index in [1.54, 1.807) is 17.1 Å². The van der Waals surface area contributed by atoms with Crippen LogP contribution in [0.1, 0.15) is 12.7 Å². The SMILES string of the molecule is CCn1ccnc1CNc1cccnc1-n1cccn1. The number of nitrogens with one attached hydrogen (secondary N) is 1. The summed E-state index contributed by atoms with van der Waals surface area (Å²) < 4.78 is 3.85. The molecule has 0 atom stereocenters.